The fraction of sp³-hybridized carbons (Fsp3) is 0.105. The van der Waals surface area contributed by atoms with Crippen molar-refractivity contribution >= 4 is 49.3 Å². The van der Waals surface area contributed by atoms with Crippen molar-refractivity contribution in [3.05, 3.63) is 132 Å². The van der Waals surface area contributed by atoms with Crippen LogP contribution in [0.2, 0.25) is 0 Å². The van der Waals surface area contributed by atoms with Crippen molar-refractivity contribution in [1.29, 1.82) is 0 Å². The van der Waals surface area contributed by atoms with Gasteiger partial charge >= 0.3 is 0 Å². The molecule has 1 heterocycles. The van der Waals surface area contributed by atoms with E-state index in [1.54, 1.807) is 0 Å². The predicted octanol–water partition coefficient (Wildman–Crippen LogP) is 10.3. The average Bonchev–Trinajstić information content (AvgIpc) is 3.33. The molecule has 0 unspecified atom stereocenters. The van der Waals surface area contributed by atoms with Crippen LogP contribution in [0, 0.1) is 13.8 Å². The lowest BCUT2D eigenvalue weighted by Crippen LogP contribution is -2.04. The van der Waals surface area contributed by atoms with Gasteiger partial charge in [0.1, 0.15) is 0 Å². The van der Waals surface area contributed by atoms with Crippen molar-refractivity contribution in [2.75, 3.05) is 0 Å². The lowest BCUT2D eigenvalue weighted by atomic mass is 9.92. The maximum absolute atomic E-state index is 2.58. The Morgan fingerprint density at radius 3 is 2.15 bits per heavy atom. The van der Waals surface area contributed by atoms with Crippen LogP contribution in [-0.2, 0) is 6.42 Å². The van der Waals surface area contributed by atoms with Crippen molar-refractivity contribution in [3.8, 4) is 16.8 Å². The van der Waals surface area contributed by atoms with E-state index >= 15 is 0 Å². The van der Waals surface area contributed by atoms with Crippen LogP contribution in [0.5, 0.6) is 0 Å². The van der Waals surface area contributed by atoms with Gasteiger partial charge in [-0.05, 0) is 88.0 Å². The highest BCUT2D eigenvalue weighted by atomic mass is 15.0. The maximum Gasteiger partial charge on any atom is 0.0622 e. The quantitative estimate of drug-likeness (QED) is 0.209. The highest BCUT2D eigenvalue weighted by Crippen LogP contribution is 2.45. The summed E-state index contributed by atoms with van der Waals surface area (Å²) >= 11 is 0. The molecule has 0 aliphatic heterocycles. The van der Waals surface area contributed by atoms with Gasteiger partial charge in [-0.1, -0.05) is 103 Å². The Morgan fingerprint density at radius 2 is 1.31 bits per heavy atom. The van der Waals surface area contributed by atoms with Crippen molar-refractivity contribution < 1.29 is 0 Å². The Bertz CT molecular complexity index is 2140. The Balaban J connectivity index is 1.58. The average molecular weight is 500 g/mol. The predicted molar refractivity (Wildman–Crippen MR) is 168 cm³/mol. The maximum atomic E-state index is 2.58. The van der Waals surface area contributed by atoms with E-state index < -0.39 is 0 Å². The van der Waals surface area contributed by atoms with Gasteiger partial charge in [0.2, 0.25) is 0 Å². The Morgan fingerprint density at radius 1 is 0.590 bits per heavy atom. The minimum atomic E-state index is 1.04. The zero-order valence-electron chi connectivity index (χ0n) is 22.3. The fourth-order valence-electron chi connectivity index (χ4n) is 6.89. The molecule has 1 aromatic heterocycles. The highest BCUT2D eigenvalue weighted by Gasteiger charge is 2.24. The van der Waals surface area contributed by atoms with Crippen LogP contribution in [0.1, 0.15) is 28.8 Å². The number of hydrogen-bond acceptors (Lipinski definition) is 0. The molecule has 39 heavy (non-hydrogen) atoms. The molecule has 0 atom stereocenters. The summed E-state index contributed by atoms with van der Waals surface area (Å²) in [6, 6.07) is 38.2. The molecular weight excluding hydrogens is 470 g/mol. The van der Waals surface area contributed by atoms with Gasteiger partial charge in [0, 0.05) is 27.7 Å². The fourth-order valence-corrected chi connectivity index (χ4v) is 6.89. The van der Waals surface area contributed by atoms with Gasteiger partial charge < -0.3 is 4.57 Å². The van der Waals surface area contributed by atoms with E-state index in [1.165, 1.54) is 82.4 Å². The first-order valence-electron chi connectivity index (χ1n) is 13.9. The number of aromatic nitrogens is 1. The number of nitrogens with zero attached hydrogens (tertiary/aromatic N) is 1. The first kappa shape index (κ1) is 22.4. The van der Waals surface area contributed by atoms with Crippen LogP contribution >= 0.6 is 0 Å². The van der Waals surface area contributed by atoms with Crippen molar-refractivity contribution in [2.24, 2.45) is 0 Å². The second-order valence-electron chi connectivity index (χ2n) is 10.9. The third-order valence-electron chi connectivity index (χ3n) is 8.71. The van der Waals surface area contributed by atoms with Gasteiger partial charge in [-0.15, -0.1) is 0 Å². The SMILES string of the molecule is Cc1ccccc1-c1cc(-n2c3c(c4c5ccccc5c5c6ccccc6ccc5c42)C=CCC3)ccc1C. The summed E-state index contributed by atoms with van der Waals surface area (Å²) in [5.41, 5.74) is 10.6. The van der Waals surface area contributed by atoms with E-state index in [2.05, 4.69) is 134 Å². The van der Waals surface area contributed by atoms with Gasteiger partial charge in [0.15, 0.2) is 0 Å². The van der Waals surface area contributed by atoms with E-state index in [0.29, 0.717) is 0 Å². The molecule has 7 aromatic rings. The molecule has 0 saturated heterocycles. The minimum Gasteiger partial charge on any atom is -0.312 e. The summed E-state index contributed by atoms with van der Waals surface area (Å²) in [5.74, 6) is 0. The molecule has 1 nitrogen and oxygen atoms in total. The highest BCUT2D eigenvalue weighted by molar-refractivity contribution is 6.32. The molecule has 1 aliphatic carbocycles. The monoisotopic (exact) mass is 499 g/mol. The second kappa shape index (κ2) is 8.44. The van der Waals surface area contributed by atoms with Crippen LogP contribution in [0.15, 0.2) is 109 Å². The summed E-state index contributed by atoms with van der Waals surface area (Å²) in [6.07, 6.45) is 6.82. The van der Waals surface area contributed by atoms with E-state index in [-0.39, 0.29) is 0 Å². The van der Waals surface area contributed by atoms with E-state index in [4.69, 9.17) is 0 Å². The van der Waals surface area contributed by atoms with Gasteiger partial charge in [-0.2, -0.15) is 0 Å². The number of hydrogen-bond donors (Lipinski definition) is 0. The van der Waals surface area contributed by atoms with Gasteiger partial charge in [0.05, 0.1) is 5.52 Å². The zero-order valence-corrected chi connectivity index (χ0v) is 22.3. The Hall–Kier alpha value is -4.62. The summed E-state index contributed by atoms with van der Waals surface area (Å²) in [6.45, 7) is 4.44. The molecule has 0 N–H and O–H groups in total. The van der Waals surface area contributed by atoms with E-state index in [1.807, 2.05) is 0 Å². The zero-order chi connectivity index (χ0) is 26.1. The first-order valence-corrected chi connectivity index (χ1v) is 13.9. The Labute approximate surface area is 228 Å². The largest absolute Gasteiger partial charge is 0.312 e. The van der Waals surface area contributed by atoms with Crippen molar-refractivity contribution in [2.45, 2.75) is 26.7 Å². The third-order valence-corrected chi connectivity index (χ3v) is 8.71. The van der Waals surface area contributed by atoms with Crippen molar-refractivity contribution in [1.82, 2.24) is 4.57 Å². The molecule has 8 rings (SSSR count). The van der Waals surface area contributed by atoms with Crippen LogP contribution in [0.4, 0.5) is 0 Å². The molecule has 186 valence electrons. The van der Waals surface area contributed by atoms with Gasteiger partial charge in [-0.25, -0.2) is 0 Å². The second-order valence-corrected chi connectivity index (χ2v) is 10.9. The van der Waals surface area contributed by atoms with Crippen molar-refractivity contribution in [3.63, 3.8) is 0 Å². The molecule has 0 bridgehead atoms. The van der Waals surface area contributed by atoms with Gasteiger partial charge in [-0.3, -0.25) is 0 Å². The van der Waals surface area contributed by atoms with E-state index in [9.17, 15) is 0 Å². The number of allylic oxidation sites excluding steroid dienone is 1. The molecule has 0 saturated carbocycles. The van der Waals surface area contributed by atoms with Gasteiger partial charge in [0.25, 0.3) is 0 Å². The normalized spacial score (nSPS) is 13.1. The summed E-state index contributed by atoms with van der Waals surface area (Å²) in [5, 5.41) is 9.32. The number of rotatable bonds is 2. The molecule has 0 amide bonds. The summed E-state index contributed by atoms with van der Waals surface area (Å²) in [4.78, 5) is 0. The number of aryl methyl sites for hydroxylation is 2. The Kier molecular flexibility index (Phi) is 4.84. The summed E-state index contributed by atoms with van der Waals surface area (Å²) in [7, 11) is 0. The standard InChI is InChI=1S/C38H29N/c1-24-11-3-5-13-28(24)34-23-27(21-19-25(34)2)39-35-18-10-9-17-32(35)37-31-16-8-7-15-30(31)36-29-14-6-4-12-26(29)20-22-33(36)38(37)39/h3-9,11-17,19-23H,10,18H2,1-2H3. The molecule has 0 spiro atoms. The molecule has 0 fully saturated rings. The van der Waals surface area contributed by atoms with Crippen LogP contribution in [0.3, 0.4) is 0 Å². The first-order chi connectivity index (χ1) is 19.2. The number of fused-ring (bicyclic) bond motifs is 10. The van der Waals surface area contributed by atoms with Crippen LogP contribution in [0.25, 0.3) is 66.1 Å². The lowest BCUT2D eigenvalue weighted by molar-refractivity contribution is 0.889. The third kappa shape index (κ3) is 3.20. The molecular formula is C38H29N. The number of benzene rings is 6. The summed E-state index contributed by atoms with van der Waals surface area (Å²) < 4.78 is 2.58. The van der Waals surface area contributed by atoms with Crippen LogP contribution in [-0.4, -0.2) is 4.57 Å². The lowest BCUT2D eigenvalue weighted by Gasteiger charge is -2.18. The van der Waals surface area contributed by atoms with Crippen LogP contribution < -0.4 is 0 Å². The minimum absolute atomic E-state index is 1.04. The topological polar surface area (TPSA) is 4.93 Å². The molecule has 6 aromatic carbocycles. The molecule has 0 radical (unpaired) electrons. The van der Waals surface area contributed by atoms with E-state index in [0.717, 1.165) is 12.8 Å². The molecule has 1 aliphatic rings. The smallest absolute Gasteiger partial charge is 0.0622 e. The molecule has 1 heteroatoms.